The van der Waals surface area contributed by atoms with Gasteiger partial charge in [0.15, 0.2) is 5.96 Å². The number of rotatable bonds is 11. The van der Waals surface area contributed by atoms with Crippen LogP contribution in [0, 0.1) is 0 Å². The van der Waals surface area contributed by atoms with Crippen molar-refractivity contribution < 1.29 is 4.74 Å². The molecule has 2 N–H and O–H groups in total. The van der Waals surface area contributed by atoms with Crippen LogP contribution in [0.1, 0.15) is 38.7 Å². The number of hydrogen-bond acceptors (Lipinski definition) is 3. The Morgan fingerprint density at radius 1 is 1.22 bits per heavy atom. The second kappa shape index (κ2) is 16.0. The van der Waals surface area contributed by atoms with Crippen LogP contribution in [0.5, 0.6) is 0 Å². The quantitative estimate of drug-likeness (QED) is 0.243. The summed E-state index contributed by atoms with van der Waals surface area (Å²) in [7, 11) is 0. The number of halogens is 1. The Hall–Kier alpha value is -0.890. The van der Waals surface area contributed by atoms with Gasteiger partial charge in [-0.1, -0.05) is 19.4 Å². The highest BCUT2D eigenvalue weighted by atomic mass is 127. The molecule has 6 heteroatoms. The molecule has 0 aromatic carbocycles. The molecule has 0 amide bonds. The molecule has 23 heavy (non-hydrogen) atoms. The minimum Gasteiger partial charge on any atom is -0.381 e. The van der Waals surface area contributed by atoms with Gasteiger partial charge in [-0.3, -0.25) is 9.98 Å². The summed E-state index contributed by atoms with van der Waals surface area (Å²) in [6, 6.07) is 4.06. The summed E-state index contributed by atoms with van der Waals surface area (Å²) in [6.45, 7) is 8.41. The number of nitrogens with one attached hydrogen (secondary N) is 2. The minimum atomic E-state index is 0. The maximum absolute atomic E-state index is 5.54. The topological polar surface area (TPSA) is 58.5 Å². The van der Waals surface area contributed by atoms with Crippen molar-refractivity contribution in [2.75, 3.05) is 32.8 Å². The van der Waals surface area contributed by atoms with Crippen LogP contribution < -0.4 is 10.6 Å². The van der Waals surface area contributed by atoms with E-state index in [1.165, 1.54) is 12.0 Å². The molecule has 0 unspecified atom stereocenters. The number of hydrogen-bond donors (Lipinski definition) is 2. The Bertz CT molecular complexity index is 401. The average Bonchev–Trinajstić information content (AvgIpc) is 2.55. The van der Waals surface area contributed by atoms with Gasteiger partial charge in [0.2, 0.25) is 0 Å². The Morgan fingerprint density at radius 3 is 2.74 bits per heavy atom. The molecule has 0 aliphatic heterocycles. The number of aliphatic imine (C=N–C) groups is 1. The van der Waals surface area contributed by atoms with Crippen molar-refractivity contribution >= 4 is 29.9 Å². The highest BCUT2D eigenvalue weighted by Gasteiger charge is 1.97. The molecule has 5 nitrogen and oxygen atoms in total. The first kappa shape index (κ1) is 22.1. The Balaban J connectivity index is 0.00000484. The van der Waals surface area contributed by atoms with E-state index in [2.05, 4.69) is 40.5 Å². The smallest absolute Gasteiger partial charge is 0.191 e. The van der Waals surface area contributed by atoms with Crippen LogP contribution in [0.4, 0.5) is 0 Å². The van der Waals surface area contributed by atoms with Gasteiger partial charge in [-0.25, -0.2) is 0 Å². The molecule has 0 spiro atoms. The van der Waals surface area contributed by atoms with E-state index in [4.69, 9.17) is 4.74 Å². The number of guanidine groups is 1. The molecule has 0 fully saturated rings. The number of pyridine rings is 1. The molecule has 1 aromatic rings. The minimum absolute atomic E-state index is 0. The van der Waals surface area contributed by atoms with Crippen molar-refractivity contribution in [1.29, 1.82) is 0 Å². The molecule has 0 atom stereocenters. The first-order chi connectivity index (χ1) is 10.9. The SMILES string of the molecule is CCCCOCCCN=C(NCC)NCCc1cccnc1.I. The Kier molecular flexibility index (Phi) is 15.4. The first-order valence-electron chi connectivity index (χ1n) is 8.35. The number of aromatic nitrogens is 1. The lowest BCUT2D eigenvalue weighted by Gasteiger charge is -2.11. The second-order valence-corrected chi connectivity index (χ2v) is 5.12. The summed E-state index contributed by atoms with van der Waals surface area (Å²) < 4.78 is 5.54. The average molecular weight is 434 g/mol. The molecular weight excluding hydrogens is 403 g/mol. The number of nitrogens with zero attached hydrogens (tertiary/aromatic N) is 2. The van der Waals surface area contributed by atoms with E-state index < -0.39 is 0 Å². The van der Waals surface area contributed by atoms with E-state index in [-0.39, 0.29) is 24.0 Å². The molecule has 0 saturated carbocycles. The molecule has 132 valence electrons. The van der Waals surface area contributed by atoms with Crippen LogP contribution >= 0.6 is 24.0 Å². The molecular formula is C17H31IN4O. The third-order valence-electron chi connectivity index (χ3n) is 3.13. The third kappa shape index (κ3) is 12.2. The van der Waals surface area contributed by atoms with Crippen LogP contribution in [-0.4, -0.2) is 43.8 Å². The van der Waals surface area contributed by atoms with Crippen LogP contribution in [0.2, 0.25) is 0 Å². The van der Waals surface area contributed by atoms with Crippen LogP contribution in [0.3, 0.4) is 0 Å². The van der Waals surface area contributed by atoms with E-state index in [0.717, 1.165) is 58.1 Å². The lowest BCUT2D eigenvalue weighted by molar-refractivity contribution is 0.130. The van der Waals surface area contributed by atoms with E-state index in [1.54, 1.807) is 6.20 Å². The fourth-order valence-electron chi connectivity index (χ4n) is 1.92. The normalized spacial score (nSPS) is 11.0. The van der Waals surface area contributed by atoms with Crippen LogP contribution in [-0.2, 0) is 11.2 Å². The van der Waals surface area contributed by atoms with Gasteiger partial charge >= 0.3 is 0 Å². The largest absolute Gasteiger partial charge is 0.381 e. The van der Waals surface area contributed by atoms with E-state index in [0.29, 0.717) is 0 Å². The fraction of sp³-hybridized carbons (Fsp3) is 0.647. The summed E-state index contributed by atoms with van der Waals surface area (Å²) in [5.74, 6) is 0.875. The van der Waals surface area contributed by atoms with Crippen molar-refractivity contribution in [2.45, 2.75) is 39.5 Å². The zero-order chi connectivity index (χ0) is 15.9. The molecule has 1 aromatic heterocycles. The standard InChI is InChI=1S/C17H30N4O.HI/c1-3-5-13-22-14-7-11-20-17(19-4-2)21-12-9-16-8-6-10-18-15-16;/h6,8,10,15H,3-5,7,9,11-14H2,1-2H3,(H2,19,20,21);1H. The predicted octanol–water partition coefficient (Wildman–Crippen LogP) is 3.00. The second-order valence-electron chi connectivity index (χ2n) is 5.12. The van der Waals surface area contributed by atoms with Crippen molar-refractivity contribution in [2.24, 2.45) is 4.99 Å². The summed E-state index contributed by atoms with van der Waals surface area (Å²) in [6.07, 6.45) is 7.93. The lowest BCUT2D eigenvalue weighted by Crippen LogP contribution is -2.38. The maximum atomic E-state index is 5.54. The number of ether oxygens (including phenoxy) is 1. The molecule has 0 radical (unpaired) electrons. The van der Waals surface area contributed by atoms with Crippen molar-refractivity contribution in [3.8, 4) is 0 Å². The molecule has 0 saturated heterocycles. The summed E-state index contributed by atoms with van der Waals surface area (Å²) >= 11 is 0. The van der Waals surface area contributed by atoms with Gasteiger partial charge in [-0.05, 0) is 37.8 Å². The Morgan fingerprint density at radius 2 is 2.04 bits per heavy atom. The van der Waals surface area contributed by atoms with E-state index in [9.17, 15) is 0 Å². The fourth-order valence-corrected chi connectivity index (χ4v) is 1.92. The van der Waals surface area contributed by atoms with Crippen molar-refractivity contribution in [3.63, 3.8) is 0 Å². The van der Waals surface area contributed by atoms with E-state index >= 15 is 0 Å². The first-order valence-corrected chi connectivity index (χ1v) is 8.35. The van der Waals surface area contributed by atoms with Crippen LogP contribution in [0.15, 0.2) is 29.5 Å². The maximum Gasteiger partial charge on any atom is 0.191 e. The van der Waals surface area contributed by atoms with Gasteiger partial charge in [-0.15, -0.1) is 24.0 Å². The van der Waals surface area contributed by atoms with Gasteiger partial charge in [0.05, 0.1) is 0 Å². The zero-order valence-corrected chi connectivity index (χ0v) is 16.7. The van der Waals surface area contributed by atoms with Gasteiger partial charge < -0.3 is 15.4 Å². The zero-order valence-electron chi connectivity index (χ0n) is 14.4. The van der Waals surface area contributed by atoms with Crippen molar-refractivity contribution in [3.05, 3.63) is 30.1 Å². The lowest BCUT2D eigenvalue weighted by atomic mass is 10.2. The summed E-state index contributed by atoms with van der Waals surface area (Å²) in [5.41, 5.74) is 1.23. The van der Waals surface area contributed by atoms with Gasteiger partial charge in [0.1, 0.15) is 0 Å². The third-order valence-corrected chi connectivity index (χ3v) is 3.13. The molecule has 1 rings (SSSR count). The van der Waals surface area contributed by atoms with Crippen LogP contribution in [0.25, 0.3) is 0 Å². The number of unbranched alkanes of at least 4 members (excludes halogenated alkanes) is 1. The summed E-state index contributed by atoms with van der Waals surface area (Å²) in [5, 5.41) is 6.61. The van der Waals surface area contributed by atoms with E-state index in [1.807, 2.05) is 12.3 Å². The van der Waals surface area contributed by atoms with Gasteiger partial charge in [-0.2, -0.15) is 0 Å². The monoisotopic (exact) mass is 434 g/mol. The molecule has 0 aliphatic rings. The highest BCUT2D eigenvalue weighted by molar-refractivity contribution is 14.0. The van der Waals surface area contributed by atoms with Crippen molar-refractivity contribution in [1.82, 2.24) is 15.6 Å². The molecule has 1 heterocycles. The predicted molar refractivity (Wildman–Crippen MR) is 108 cm³/mol. The molecule has 0 bridgehead atoms. The summed E-state index contributed by atoms with van der Waals surface area (Å²) in [4.78, 5) is 8.68. The highest BCUT2D eigenvalue weighted by Crippen LogP contribution is 1.95. The molecule has 0 aliphatic carbocycles. The van der Waals surface area contributed by atoms with Gasteiger partial charge in [0, 0.05) is 45.2 Å². The Labute approximate surface area is 157 Å². The van der Waals surface area contributed by atoms with Gasteiger partial charge in [0.25, 0.3) is 0 Å².